The summed E-state index contributed by atoms with van der Waals surface area (Å²) < 4.78 is 26.2. The lowest BCUT2D eigenvalue weighted by Gasteiger charge is -2.05. The van der Waals surface area contributed by atoms with E-state index < -0.39 is 10.0 Å². The highest BCUT2D eigenvalue weighted by Gasteiger charge is 2.13. The monoisotopic (exact) mass is 267 g/mol. The van der Waals surface area contributed by atoms with E-state index in [-0.39, 0.29) is 17.2 Å². The summed E-state index contributed by atoms with van der Waals surface area (Å²) in [7, 11) is -3.53. The van der Waals surface area contributed by atoms with Crippen LogP contribution in [0.1, 0.15) is 5.82 Å². The molecule has 2 rings (SSSR count). The number of rotatable bonds is 5. The molecule has 0 amide bonds. The first-order valence-corrected chi connectivity index (χ1v) is 6.83. The predicted octanol–water partition coefficient (Wildman–Crippen LogP) is 0.636. The number of benzene rings is 1. The van der Waals surface area contributed by atoms with E-state index in [0.717, 1.165) is 5.82 Å². The number of nitrogens with zero attached hydrogens (tertiary/aromatic N) is 1. The van der Waals surface area contributed by atoms with E-state index in [9.17, 15) is 8.42 Å². The van der Waals surface area contributed by atoms with Crippen molar-refractivity contribution >= 4 is 10.0 Å². The third kappa shape index (κ3) is 3.08. The number of H-pyrrole nitrogens is 1. The first-order valence-electron chi connectivity index (χ1n) is 5.35. The number of hydrogen-bond acceptors (Lipinski definition) is 4. The zero-order valence-electron chi connectivity index (χ0n) is 9.50. The number of phenols is 1. The van der Waals surface area contributed by atoms with Crippen LogP contribution in [0, 0.1) is 0 Å². The summed E-state index contributed by atoms with van der Waals surface area (Å²) in [6.45, 7) is 0.261. The molecule has 0 fully saturated rings. The van der Waals surface area contributed by atoms with Crippen LogP contribution in [0.3, 0.4) is 0 Å². The Morgan fingerprint density at radius 3 is 2.61 bits per heavy atom. The summed E-state index contributed by atoms with van der Waals surface area (Å²) in [5.74, 6) is 0.757. The molecule has 0 bridgehead atoms. The van der Waals surface area contributed by atoms with Crippen molar-refractivity contribution in [3.05, 3.63) is 42.5 Å². The molecule has 1 aromatic carbocycles. The minimum absolute atomic E-state index is 0.0320. The number of aromatic hydroxyl groups is 1. The van der Waals surface area contributed by atoms with Gasteiger partial charge in [-0.25, -0.2) is 18.1 Å². The van der Waals surface area contributed by atoms with Gasteiger partial charge in [0.25, 0.3) is 0 Å². The number of phenolic OH excluding ortho intramolecular Hbond substituents is 1. The van der Waals surface area contributed by atoms with Gasteiger partial charge in [-0.05, 0) is 24.3 Å². The van der Waals surface area contributed by atoms with Crippen molar-refractivity contribution in [3.8, 4) is 5.75 Å². The van der Waals surface area contributed by atoms with E-state index in [4.69, 9.17) is 5.11 Å². The van der Waals surface area contributed by atoms with E-state index in [0.29, 0.717) is 6.42 Å². The number of aromatic nitrogens is 2. The van der Waals surface area contributed by atoms with Crippen molar-refractivity contribution in [2.75, 3.05) is 6.54 Å². The predicted molar refractivity (Wildman–Crippen MR) is 65.6 cm³/mol. The number of imidazole rings is 1. The maximum atomic E-state index is 11.8. The minimum Gasteiger partial charge on any atom is -0.508 e. The number of hydrogen-bond donors (Lipinski definition) is 3. The molecule has 6 nitrogen and oxygen atoms in total. The van der Waals surface area contributed by atoms with Gasteiger partial charge in [-0.15, -0.1) is 0 Å². The lowest BCUT2D eigenvalue weighted by Crippen LogP contribution is -2.26. The summed E-state index contributed by atoms with van der Waals surface area (Å²) in [6.07, 6.45) is 3.79. The number of sulfonamides is 1. The Bertz CT molecular complexity index is 591. The van der Waals surface area contributed by atoms with Gasteiger partial charge in [0.2, 0.25) is 10.0 Å². The van der Waals surface area contributed by atoms with E-state index in [2.05, 4.69) is 14.7 Å². The molecule has 3 N–H and O–H groups in total. The zero-order valence-corrected chi connectivity index (χ0v) is 10.3. The van der Waals surface area contributed by atoms with Gasteiger partial charge in [-0.3, -0.25) is 0 Å². The molecule has 7 heteroatoms. The van der Waals surface area contributed by atoms with E-state index >= 15 is 0 Å². The van der Waals surface area contributed by atoms with Crippen LogP contribution in [0.2, 0.25) is 0 Å². The molecular weight excluding hydrogens is 254 g/mol. The van der Waals surface area contributed by atoms with Gasteiger partial charge in [-0.1, -0.05) is 0 Å². The van der Waals surface area contributed by atoms with Crippen molar-refractivity contribution in [2.24, 2.45) is 0 Å². The molecule has 96 valence electrons. The van der Waals surface area contributed by atoms with Gasteiger partial charge in [0.05, 0.1) is 4.90 Å². The third-order valence-corrected chi connectivity index (χ3v) is 3.83. The maximum Gasteiger partial charge on any atom is 0.240 e. The van der Waals surface area contributed by atoms with Gasteiger partial charge >= 0.3 is 0 Å². The Morgan fingerprint density at radius 2 is 2.00 bits per heavy atom. The highest BCUT2D eigenvalue weighted by molar-refractivity contribution is 7.89. The second-order valence-electron chi connectivity index (χ2n) is 3.68. The molecule has 1 heterocycles. The number of nitrogens with one attached hydrogen (secondary N) is 2. The molecule has 0 radical (unpaired) electrons. The second kappa shape index (κ2) is 5.19. The molecule has 2 aromatic rings. The fourth-order valence-electron chi connectivity index (χ4n) is 1.45. The molecule has 0 unspecified atom stereocenters. The standard InChI is InChI=1S/C11H13N3O3S/c15-9-1-3-10(4-2-9)18(16,17)14-6-5-11-12-7-8-13-11/h1-4,7-8,14-15H,5-6H2,(H,12,13). The lowest BCUT2D eigenvalue weighted by atomic mass is 10.3. The molecule has 0 aliphatic carbocycles. The van der Waals surface area contributed by atoms with E-state index in [1.807, 2.05) is 0 Å². The zero-order chi connectivity index (χ0) is 13.0. The molecule has 0 saturated heterocycles. The highest BCUT2D eigenvalue weighted by Crippen LogP contribution is 2.13. The van der Waals surface area contributed by atoms with Crippen LogP contribution >= 0.6 is 0 Å². The Morgan fingerprint density at radius 1 is 1.28 bits per heavy atom. The summed E-state index contributed by atoms with van der Waals surface area (Å²) in [5.41, 5.74) is 0. The fraction of sp³-hybridized carbons (Fsp3) is 0.182. The number of aromatic amines is 1. The van der Waals surface area contributed by atoms with Gasteiger partial charge in [0.15, 0.2) is 0 Å². The van der Waals surface area contributed by atoms with Gasteiger partial charge < -0.3 is 10.1 Å². The molecule has 18 heavy (non-hydrogen) atoms. The Hall–Kier alpha value is -1.86. The highest BCUT2D eigenvalue weighted by atomic mass is 32.2. The lowest BCUT2D eigenvalue weighted by molar-refractivity contribution is 0.474. The normalized spacial score (nSPS) is 11.6. The van der Waals surface area contributed by atoms with Crippen LogP contribution in [0.25, 0.3) is 0 Å². The van der Waals surface area contributed by atoms with Crippen LogP contribution in [-0.4, -0.2) is 30.0 Å². The summed E-state index contributed by atoms with van der Waals surface area (Å²) in [6, 6.07) is 5.37. The van der Waals surface area contributed by atoms with Crippen LogP contribution in [0.5, 0.6) is 5.75 Å². The SMILES string of the molecule is O=S(=O)(NCCc1ncc[nH]1)c1ccc(O)cc1. The molecule has 1 aromatic heterocycles. The smallest absolute Gasteiger partial charge is 0.240 e. The summed E-state index contributed by atoms with van der Waals surface area (Å²) in [5, 5.41) is 9.10. The average Bonchev–Trinajstić information content (AvgIpc) is 2.82. The third-order valence-electron chi connectivity index (χ3n) is 2.36. The largest absolute Gasteiger partial charge is 0.508 e. The Kier molecular flexibility index (Phi) is 3.63. The Labute approximate surface area is 105 Å². The first kappa shape index (κ1) is 12.6. The maximum absolute atomic E-state index is 11.8. The van der Waals surface area contributed by atoms with Crippen molar-refractivity contribution in [3.63, 3.8) is 0 Å². The topological polar surface area (TPSA) is 95.1 Å². The fourth-order valence-corrected chi connectivity index (χ4v) is 2.48. The molecule has 0 saturated carbocycles. The summed E-state index contributed by atoms with van der Waals surface area (Å²) in [4.78, 5) is 7.01. The molecular formula is C11H13N3O3S. The van der Waals surface area contributed by atoms with Crippen LogP contribution in [-0.2, 0) is 16.4 Å². The van der Waals surface area contributed by atoms with Crippen LogP contribution in [0.15, 0.2) is 41.6 Å². The van der Waals surface area contributed by atoms with Gasteiger partial charge in [0, 0.05) is 25.4 Å². The van der Waals surface area contributed by atoms with Crippen LogP contribution in [0.4, 0.5) is 0 Å². The van der Waals surface area contributed by atoms with Crippen LogP contribution < -0.4 is 4.72 Å². The quantitative estimate of drug-likeness (QED) is 0.740. The van der Waals surface area contributed by atoms with Crippen molar-refractivity contribution in [2.45, 2.75) is 11.3 Å². The molecule has 0 aliphatic rings. The second-order valence-corrected chi connectivity index (χ2v) is 5.44. The van der Waals surface area contributed by atoms with Gasteiger partial charge in [0.1, 0.15) is 11.6 Å². The van der Waals surface area contributed by atoms with E-state index in [1.54, 1.807) is 12.4 Å². The average molecular weight is 267 g/mol. The van der Waals surface area contributed by atoms with Crippen molar-refractivity contribution < 1.29 is 13.5 Å². The Balaban J connectivity index is 1.97. The molecule has 0 aliphatic heterocycles. The van der Waals surface area contributed by atoms with Gasteiger partial charge in [-0.2, -0.15) is 0 Å². The van der Waals surface area contributed by atoms with E-state index in [1.165, 1.54) is 24.3 Å². The minimum atomic E-state index is -3.53. The summed E-state index contributed by atoms with van der Waals surface area (Å²) >= 11 is 0. The molecule has 0 spiro atoms. The van der Waals surface area contributed by atoms with Crippen molar-refractivity contribution in [1.82, 2.24) is 14.7 Å². The molecule has 0 atom stereocenters. The van der Waals surface area contributed by atoms with Crippen molar-refractivity contribution in [1.29, 1.82) is 0 Å². The first-order chi connectivity index (χ1) is 8.58.